The molecule has 2 atom stereocenters. The molecule has 186 valence electrons. The summed E-state index contributed by atoms with van der Waals surface area (Å²) in [5.74, 6) is 1.06. The fraction of sp³-hybridized carbons (Fsp3) is 0.571. The van der Waals surface area contributed by atoms with Crippen molar-refractivity contribution in [2.24, 2.45) is 5.92 Å². The summed E-state index contributed by atoms with van der Waals surface area (Å²) in [4.78, 5) is 23.0. The van der Waals surface area contributed by atoms with Gasteiger partial charge in [0.1, 0.15) is 5.82 Å². The Balaban J connectivity index is 1.31. The van der Waals surface area contributed by atoms with E-state index in [2.05, 4.69) is 60.2 Å². The van der Waals surface area contributed by atoms with Gasteiger partial charge in [0.05, 0.1) is 48.4 Å². The van der Waals surface area contributed by atoms with E-state index in [1.165, 1.54) is 0 Å². The predicted molar refractivity (Wildman–Crippen MR) is 137 cm³/mol. The normalized spacial score (nSPS) is 29.5. The van der Waals surface area contributed by atoms with Gasteiger partial charge in [0.15, 0.2) is 0 Å². The summed E-state index contributed by atoms with van der Waals surface area (Å²) in [5, 5.41) is 3.51. The number of fused-ring (bicyclic) bond motifs is 4. The smallest absolute Gasteiger partial charge is 0.230 e. The molecule has 3 aliphatic heterocycles. The van der Waals surface area contributed by atoms with Crippen LogP contribution in [0, 0.1) is 5.92 Å². The van der Waals surface area contributed by atoms with Gasteiger partial charge in [-0.1, -0.05) is 6.07 Å². The second-order valence-corrected chi connectivity index (χ2v) is 11.2. The third-order valence-electron chi connectivity index (χ3n) is 8.07. The first-order valence-electron chi connectivity index (χ1n) is 13.1. The third kappa shape index (κ3) is 4.29. The maximum Gasteiger partial charge on any atom is 0.230 e. The third-order valence-corrected chi connectivity index (χ3v) is 8.07. The molecular formula is C28H36N4O3. The van der Waals surface area contributed by atoms with Crippen molar-refractivity contribution in [2.75, 3.05) is 28.3 Å². The Kier molecular flexibility index (Phi) is 5.72. The molecule has 0 radical (unpaired) electrons. The quantitative estimate of drug-likeness (QED) is 0.668. The van der Waals surface area contributed by atoms with Crippen LogP contribution in [0.3, 0.4) is 0 Å². The Morgan fingerprint density at radius 1 is 1.23 bits per heavy atom. The molecule has 4 aliphatic rings. The van der Waals surface area contributed by atoms with Crippen LogP contribution in [-0.2, 0) is 20.8 Å². The van der Waals surface area contributed by atoms with E-state index in [0.29, 0.717) is 12.6 Å². The van der Waals surface area contributed by atoms with E-state index in [4.69, 9.17) is 9.47 Å². The van der Waals surface area contributed by atoms with Crippen molar-refractivity contribution in [3.8, 4) is 0 Å². The average molecular weight is 477 g/mol. The molecule has 1 aromatic carbocycles. The van der Waals surface area contributed by atoms with Crippen LogP contribution in [0.15, 0.2) is 36.5 Å². The van der Waals surface area contributed by atoms with Crippen molar-refractivity contribution in [2.45, 2.75) is 83.3 Å². The lowest BCUT2D eigenvalue weighted by molar-refractivity contribution is -0.124. The van der Waals surface area contributed by atoms with Crippen molar-refractivity contribution in [3.05, 3.63) is 42.1 Å². The van der Waals surface area contributed by atoms with Gasteiger partial charge >= 0.3 is 0 Å². The molecule has 1 saturated carbocycles. The van der Waals surface area contributed by atoms with Gasteiger partial charge in [-0.05, 0) is 70.7 Å². The molecule has 0 spiro atoms. The summed E-state index contributed by atoms with van der Waals surface area (Å²) in [7, 11) is 0. The number of carbonyl (C=O) groups excluding carboxylic acids is 1. The molecule has 2 bridgehead atoms. The van der Waals surface area contributed by atoms with Crippen molar-refractivity contribution in [3.63, 3.8) is 0 Å². The lowest BCUT2D eigenvalue weighted by atomic mass is 9.86. The van der Waals surface area contributed by atoms with Crippen LogP contribution in [0.25, 0.3) is 0 Å². The first kappa shape index (κ1) is 22.8. The van der Waals surface area contributed by atoms with Gasteiger partial charge < -0.3 is 24.6 Å². The molecular weight excluding hydrogens is 440 g/mol. The van der Waals surface area contributed by atoms with Crippen LogP contribution in [0.4, 0.5) is 22.9 Å². The monoisotopic (exact) mass is 476 g/mol. The van der Waals surface area contributed by atoms with Crippen molar-refractivity contribution >= 4 is 28.8 Å². The molecule has 2 aromatic rings. The maximum absolute atomic E-state index is 14.0. The highest BCUT2D eigenvalue weighted by Crippen LogP contribution is 2.44. The summed E-state index contributed by atoms with van der Waals surface area (Å²) < 4.78 is 12.0. The predicted octanol–water partition coefficient (Wildman–Crippen LogP) is 5.02. The largest absolute Gasteiger partial charge is 0.376 e. The second-order valence-electron chi connectivity index (χ2n) is 11.2. The summed E-state index contributed by atoms with van der Waals surface area (Å²) in [6, 6.07) is 10.9. The number of nitrogens with zero attached hydrogens (tertiary/aromatic N) is 3. The number of hydrogen-bond acceptors (Lipinski definition) is 6. The van der Waals surface area contributed by atoms with E-state index in [1.807, 2.05) is 11.0 Å². The number of pyridine rings is 1. The van der Waals surface area contributed by atoms with Crippen LogP contribution in [0.5, 0.6) is 0 Å². The van der Waals surface area contributed by atoms with Gasteiger partial charge in [-0.15, -0.1) is 0 Å². The Bertz CT molecular complexity index is 1110. The molecule has 1 N–H and O–H groups in total. The summed E-state index contributed by atoms with van der Waals surface area (Å²) in [6.07, 6.45) is 6.99. The zero-order valence-electron chi connectivity index (χ0n) is 21.0. The van der Waals surface area contributed by atoms with Crippen molar-refractivity contribution in [1.29, 1.82) is 0 Å². The number of aromatic nitrogens is 1. The number of rotatable bonds is 4. The standard InChI is InChI=1S/C28H36N4O3/c1-18(2)35-23-9-6-19(7-10-23)27(33)31-15-20-5-4-12-29-26(20)30-24-11-8-21(13-25(24)31)32-17-28(3)14-22(32)16-34-28/h4-5,8,11-13,18-19,22-23H,6-7,9-10,14-17H2,1-3H3,(H,29,30)/t19?,22-,23?,28-/m0/s1. The molecule has 1 aromatic heterocycles. The maximum atomic E-state index is 14.0. The molecule has 3 fully saturated rings. The van der Waals surface area contributed by atoms with E-state index >= 15 is 0 Å². The fourth-order valence-corrected chi connectivity index (χ4v) is 6.35. The van der Waals surface area contributed by atoms with E-state index < -0.39 is 0 Å². The van der Waals surface area contributed by atoms with Crippen LogP contribution in [0.1, 0.15) is 58.4 Å². The zero-order chi connectivity index (χ0) is 24.2. The number of morpholine rings is 1. The average Bonchev–Trinajstić information content (AvgIpc) is 3.34. The van der Waals surface area contributed by atoms with Crippen molar-refractivity contribution < 1.29 is 14.3 Å². The summed E-state index contributed by atoms with van der Waals surface area (Å²) in [5.41, 5.74) is 4.01. The van der Waals surface area contributed by atoms with Gasteiger partial charge in [0, 0.05) is 36.3 Å². The SMILES string of the molecule is CC(C)OC1CCC(C(=O)N2Cc3cccnc3Nc3ccc(N4C[C@]5(C)C[C@H]4CO5)cc32)CC1. The van der Waals surface area contributed by atoms with Gasteiger partial charge in [0.25, 0.3) is 0 Å². The molecule has 0 unspecified atom stereocenters. The van der Waals surface area contributed by atoms with Gasteiger partial charge in [-0.25, -0.2) is 4.98 Å². The molecule has 2 saturated heterocycles. The highest BCUT2D eigenvalue weighted by Gasteiger charge is 2.48. The summed E-state index contributed by atoms with van der Waals surface area (Å²) in [6.45, 7) is 8.55. The highest BCUT2D eigenvalue weighted by molar-refractivity contribution is 6.00. The Labute approximate surface area is 207 Å². The zero-order valence-corrected chi connectivity index (χ0v) is 21.0. The van der Waals surface area contributed by atoms with E-state index in [9.17, 15) is 4.79 Å². The van der Waals surface area contributed by atoms with Crippen LogP contribution in [-0.4, -0.2) is 47.9 Å². The molecule has 4 heterocycles. The Hall–Kier alpha value is -2.64. The summed E-state index contributed by atoms with van der Waals surface area (Å²) >= 11 is 0. The second kappa shape index (κ2) is 8.79. The molecule has 7 heteroatoms. The number of ether oxygens (including phenoxy) is 2. The van der Waals surface area contributed by atoms with Crippen LogP contribution >= 0.6 is 0 Å². The topological polar surface area (TPSA) is 66.9 Å². The molecule has 35 heavy (non-hydrogen) atoms. The number of carbonyl (C=O) groups is 1. The first-order valence-corrected chi connectivity index (χ1v) is 13.1. The Morgan fingerprint density at radius 2 is 2.06 bits per heavy atom. The molecule has 1 aliphatic carbocycles. The fourth-order valence-electron chi connectivity index (χ4n) is 6.35. The van der Waals surface area contributed by atoms with E-state index in [0.717, 1.165) is 73.7 Å². The van der Waals surface area contributed by atoms with E-state index in [1.54, 1.807) is 6.20 Å². The van der Waals surface area contributed by atoms with Crippen LogP contribution in [0.2, 0.25) is 0 Å². The number of benzene rings is 1. The van der Waals surface area contributed by atoms with Gasteiger partial charge in [-0.2, -0.15) is 0 Å². The number of hydrogen-bond donors (Lipinski definition) is 1. The molecule has 7 nitrogen and oxygen atoms in total. The van der Waals surface area contributed by atoms with E-state index in [-0.39, 0.29) is 29.6 Å². The molecule has 1 amide bonds. The minimum absolute atomic E-state index is 0.0202. The van der Waals surface area contributed by atoms with Crippen LogP contribution < -0.4 is 15.1 Å². The van der Waals surface area contributed by atoms with Gasteiger partial charge in [-0.3, -0.25) is 4.79 Å². The first-order chi connectivity index (χ1) is 16.9. The van der Waals surface area contributed by atoms with Gasteiger partial charge in [0.2, 0.25) is 5.91 Å². The number of nitrogens with one attached hydrogen (secondary N) is 1. The minimum atomic E-state index is -0.0674. The lowest BCUT2D eigenvalue weighted by Gasteiger charge is -2.35. The Morgan fingerprint density at radius 3 is 2.77 bits per heavy atom. The number of amides is 1. The minimum Gasteiger partial charge on any atom is -0.376 e. The number of anilines is 4. The highest BCUT2D eigenvalue weighted by atomic mass is 16.5. The molecule has 6 rings (SSSR count). The lowest BCUT2D eigenvalue weighted by Crippen LogP contribution is -2.41. The van der Waals surface area contributed by atoms with Crippen molar-refractivity contribution in [1.82, 2.24) is 4.98 Å².